The minimum Gasteiger partial charge on any atom is -0.481 e. The van der Waals surface area contributed by atoms with Crippen LogP contribution in [0.3, 0.4) is 0 Å². The Morgan fingerprint density at radius 2 is 0.724 bits per heavy atom. The predicted molar refractivity (Wildman–Crippen MR) is 70.7 cm³/mol. The average Bonchev–Trinajstić information content (AvgIpc) is 2.50. The molecule has 0 saturated carbocycles. The summed E-state index contributed by atoms with van der Waals surface area (Å²) < 4.78 is 159. The van der Waals surface area contributed by atoms with Gasteiger partial charge in [-0.1, -0.05) is 0 Å². The van der Waals surface area contributed by atoms with Crippen molar-refractivity contribution in [1.82, 2.24) is 0 Å². The fraction of sp³-hybridized carbons (Fsp3) is 0.833. The average molecular weight is 483 g/mol. The standard InChI is InChI=1S/C12H10F12O4.ClH/c13-7(14,3-1-5(25)26)9(17,18)11(21,22)12(23,24)10(19,20)8(15,16)4-2-6(27)28;/h1-4H2,(H,25,26)(H,27,28);1H. The Bertz CT molecular complexity index is 556. The van der Waals surface area contributed by atoms with E-state index in [1.165, 1.54) is 0 Å². The zero-order valence-electron chi connectivity index (χ0n) is 13.5. The normalized spacial score (nSPS) is 14.3. The fourth-order valence-electron chi connectivity index (χ4n) is 1.70. The van der Waals surface area contributed by atoms with Gasteiger partial charge in [0.05, 0.1) is 12.8 Å². The zero-order chi connectivity index (χ0) is 23.0. The van der Waals surface area contributed by atoms with Crippen molar-refractivity contribution in [3.63, 3.8) is 0 Å². The molecule has 0 aromatic carbocycles. The van der Waals surface area contributed by atoms with Crippen LogP contribution in [-0.4, -0.2) is 57.7 Å². The van der Waals surface area contributed by atoms with E-state index < -0.39 is 73.2 Å². The van der Waals surface area contributed by atoms with E-state index in [-0.39, 0.29) is 12.4 Å². The second kappa shape index (κ2) is 8.63. The minimum absolute atomic E-state index is 0. The molecule has 0 aromatic heterocycles. The molecule has 0 fully saturated rings. The summed E-state index contributed by atoms with van der Waals surface area (Å²) in [5, 5.41) is 16.1. The van der Waals surface area contributed by atoms with E-state index in [9.17, 15) is 62.3 Å². The van der Waals surface area contributed by atoms with Gasteiger partial charge in [-0.15, -0.1) is 12.4 Å². The van der Waals surface area contributed by atoms with E-state index in [0.717, 1.165) is 0 Å². The molecular weight excluding hydrogens is 472 g/mol. The van der Waals surface area contributed by atoms with Crippen LogP contribution in [0.5, 0.6) is 0 Å². The fourth-order valence-corrected chi connectivity index (χ4v) is 1.70. The molecule has 0 atom stereocenters. The van der Waals surface area contributed by atoms with Crippen molar-refractivity contribution in [3.8, 4) is 0 Å². The first-order valence-electron chi connectivity index (χ1n) is 6.79. The molecule has 4 nitrogen and oxygen atoms in total. The molecule has 0 aliphatic rings. The highest BCUT2D eigenvalue weighted by atomic mass is 35.5. The molecule has 0 unspecified atom stereocenters. The molecule has 0 aliphatic carbocycles. The largest absolute Gasteiger partial charge is 0.481 e. The van der Waals surface area contributed by atoms with Crippen molar-refractivity contribution in [2.75, 3.05) is 0 Å². The first-order valence-corrected chi connectivity index (χ1v) is 6.79. The summed E-state index contributed by atoms with van der Waals surface area (Å²) >= 11 is 0. The molecule has 17 heteroatoms. The maximum atomic E-state index is 13.4. The van der Waals surface area contributed by atoms with Crippen molar-refractivity contribution in [2.45, 2.75) is 61.2 Å². The summed E-state index contributed by atoms with van der Waals surface area (Å²) in [6.45, 7) is 0. The van der Waals surface area contributed by atoms with Gasteiger partial charge in [0, 0.05) is 12.8 Å². The van der Waals surface area contributed by atoms with Gasteiger partial charge < -0.3 is 10.2 Å². The van der Waals surface area contributed by atoms with Gasteiger partial charge in [0.25, 0.3) is 0 Å². The number of rotatable bonds is 11. The van der Waals surface area contributed by atoms with E-state index in [4.69, 9.17) is 10.2 Å². The maximum Gasteiger partial charge on any atom is 0.384 e. The third-order valence-electron chi connectivity index (χ3n) is 3.41. The molecular formula is C12H11ClF12O4. The number of alkyl halides is 12. The number of carboxylic acids is 2. The summed E-state index contributed by atoms with van der Waals surface area (Å²) in [7, 11) is 0. The van der Waals surface area contributed by atoms with Crippen LogP contribution in [0.25, 0.3) is 0 Å². The molecule has 0 aliphatic heterocycles. The van der Waals surface area contributed by atoms with E-state index >= 15 is 0 Å². The zero-order valence-corrected chi connectivity index (χ0v) is 14.3. The lowest BCUT2D eigenvalue weighted by molar-refractivity contribution is -0.425. The second-order valence-corrected chi connectivity index (χ2v) is 5.49. The molecule has 0 aromatic rings. The van der Waals surface area contributed by atoms with Gasteiger partial charge >= 0.3 is 47.5 Å². The second-order valence-electron chi connectivity index (χ2n) is 5.49. The molecule has 174 valence electrons. The summed E-state index contributed by atoms with van der Waals surface area (Å²) in [6.07, 6.45) is -9.37. The van der Waals surface area contributed by atoms with E-state index in [1.54, 1.807) is 0 Å². The van der Waals surface area contributed by atoms with Crippen LogP contribution in [-0.2, 0) is 9.59 Å². The molecule has 0 saturated heterocycles. The van der Waals surface area contributed by atoms with Crippen molar-refractivity contribution < 1.29 is 72.5 Å². The number of carbonyl (C=O) groups is 2. The first kappa shape index (κ1) is 29.6. The summed E-state index contributed by atoms with van der Waals surface area (Å²) in [5.74, 6) is -47.5. The monoisotopic (exact) mass is 482 g/mol. The van der Waals surface area contributed by atoms with E-state index in [1.807, 2.05) is 0 Å². The number of aliphatic carboxylic acids is 2. The smallest absolute Gasteiger partial charge is 0.384 e. The topological polar surface area (TPSA) is 74.6 Å². The molecule has 2 N–H and O–H groups in total. The van der Waals surface area contributed by atoms with Crippen LogP contribution in [0.1, 0.15) is 25.7 Å². The lowest BCUT2D eigenvalue weighted by atomic mass is 9.89. The minimum atomic E-state index is -7.79. The lowest BCUT2D eigenvalue weighted by Crippen LogP contribution is -2.70. The predicted octanol–water partition coefficient (Wildman–Crippen LogP) is 4.95. The van der Waals surface area contributed by atoms with Gasteiger partial charge in [-0.05, 0) is 0 Å². The van der Waals surface area contributed by atoms with E-state index in [0.29, 0.717) is 0 Å². The summed E-state index contributed by atoms with van der Waals surface area (Å²) in [5.41, 5.74) is 0. The lowest BCUT2D eigenvalue weighted by Gasteiger charge is -2.41. The molecule has 0 rings (SSSR count). The van der Waals surface area contributed by atoms with Crippen molar-refractivity contribution in [1.29, 1.82) is 0 Å². The molecule has 0 heterocycles. The van der Waals surface area contributed by atoms with Crippen molar-refractivity contribution >= 4 is 24.3 Å². The highest BCUT2D eigenvalue weighted by Crippen LogP contribution is 2.61. The van der Waals surface area contributed by atoms with Gasteiger partial charge in [0.15, 0.2) is 0 Å². The van der Waals surface area contributed by atoms with Crippen molar-refractivity contribution in [3.05, 3.63) is 0 Å². The van der Waals surface area contributed by atoms with Crippen LogP contribution < -0.4 is 0 Å². The van der Waals surface area contributed by atoms with Gasteiger partial charge in [-0.25, -0.2) is 0 Å². The van der Waals surface area contributed by atoms with Crippen molar-refractivity contribution in [2.24, 2.45) is 0 Å². The summed E-state index contributed by atoms with van der Waals surface area (Å²) in [6, 6.07) is 0. The molecule has 0 bridgehead atoms. The SMILES string of the molecule is Cl.O=C(O)CCC(F)(F)C(F)(F)C(F)(F)C(F)(F)C(F)(F)C(F)(F)CCC(=O)O. The number of carboxylic acid groups (broad SMARTS) is 2. The third kappa shape index (κ3) is 5.12. The Kier molecular flexibility index (Phi) is 8.81. The number of hydrogen-bond donors (Lipinski definition) is 2. The van der Waals surface area contributed by atoms with Gasteiger partial charge in [0.2, 0.25) is 0 Å². The maximum absolute atomic E-state index is 13.4. The van der Waals surface area contributed by atoms with Gasteiger partial charge in [-0.2, -0.15) is 52.7 Å². The van der Waals surface area contributed by atoms with Crippen LogP contribution in [0.4, 0.5) is 52.7 Å². The molecule has 29 heavy (non-hydrogen) atoms. The van der Waals surface area contributed by atoms with Gasteiger partial charge in [0.1, 0.15) is 0 Å². The van der Waals surface area contributed by atoms with Crippen LogP contribution in [0, 0.1) is 0 Å². The third-order valence-corrected chi connectivity index (χ3v) is 3.41. The van der Waals surface area contributed by atoms with Gasteiger partial charge in [-0.3, -0.25) is 9.59 Å². The van der Waals surface area contributed by atoms with Crippen LogP contribution in [0.15, 0.2) is 0 Å². The Balaban J connectivity index is 0. The van der Waals surface area contributed by atoms with Crippen LogP contribution in [0.2, 0.25) is 0 Å². The Hall–Kier alpha value is -1.61. The Labute approximate surface area is 159 Å². The van der Waals surface area contributed by atoms with Crippen LogP contribution >= 0.6 is 12.4 Å². The number of halogens is 13. The summed E-state index contributed by atoms with van der Waals surface area (Å²) in [4.78, 5) is 20.1. The number of hydrogen-bond acceptors (Lipinski definition) is 2. The Morgan fingerprint density at radius 3 is 0.897 bits per heavy atom. The molecule has 0 spiro atoms. The first-order chi connectivity index (χ1) is 12.1. The molecule has 0 radical (unpaired) electrons. The molecule has 0 amide bonds. The Morgan fingerprint density at radius 1 is 0.517 bits per heavy atom. The highest BCUT2D eigenvalue weighted by molar-refractivity contribution is 5.85. The van der Waals surface area contributed by atoms with E-state index in [2.05, 4.69) is 0 Å². The quantitative estimate of drug-likeness (QED) is 0.409. The highest BCUT2D eigenvalue weighted by Gasteiger charge is 2.89.